The predicted octanol–water partition coefficient (Wildman–Crippen LogP) is 3.65. The Morgan fingerprint density at radius 3 is 2.77 bits per heavy atom. The summed E-state index contributed by atoms with van der Waals surface area (Å²) in [6.07, 6.45) is 4.85. The van der Waals surface area contributed by atoms with Crippen molar-refractivity contribution in [3.8, 4) is 0 Å². The number of aliphatic carboxylic acids is 1. The first kappa shape index (κ1) is 17.8. The van der Waals surface area contributed by atoms with Crippen LogP contribution < -0.4 is 5.32 Å². The minimum Gasteiger partial charge on any atom is -0.480 e. The zero-order valence-electron chi connectivity index (χ0n) is 13.8. The monoisotopic (exact) mass is 368 g/mol. The fourth-order valence-electron chi connectivity index (χ4n) is 2.72. The van der Waals surface area contributed by atoms with Crippen molar-refractivity contribution in [1.29, 1.82) is 0 Å². The van der Waals surface area contributed by atoms with Gasteiger partial charge in [0.1, 0.15) is 6.04 Å². The smallest absolute Gasteiger partial charge is 0.326 e. The van der Waals surface area contributed by atoms with E-state index in [0.717, 1.165) is 22.0 Å². The average Bonchev–Trinajstić information content (AvgIpc) is 3.02. The van der Waals surface area contributed by atoms with E-state index in [1.165, 1.54) is 6.08 Å². The highest BCUT2D eigenvalue weighted by molar-refractivity contribution is 6.30. The van der Waals surface area contributed by atoms with E-state index in [4.69, 9.17) is 11.6 Å². The zero-order valence-corrected chi connectivity index (χ0v) is 14.5. The van der Waals surface area contributed by atoms with Crippen LogP contribution in [0.1, 0.15) is 11.1 Å². The van der Waals surface area contributed by atoms with Gasteiger partial charge in [-0.3, -0.25) is 4.79 Å². The van der Waals surface area contributed by atoms with E-state index >= 15 is 0 Å². The summed E-state index contributed by atoms with van der Waals surface area (Å²) in [7, 11) is 0. The van der Waals surface area contributed by atoms with Gasteiger partial charge in [-0.15, -0.1) is 0 Å². The molecule has 2 aromatic carbocycles. The molecule has 1 aromatic heterocycles. The molecule has 0 fully saturated rings. The summed E-state index contributed by atoms with van der Waals surface area (Å²) in [6.45, 7) is 0. The zero-order chi connectivity index (χ0) is 18.5. The molecular formula is C20H17ClN2O3. The second-order valence-corrected chi connectivity index (χ2v) is 6.29. The van der Waals surface area contributed by atoms with Crippen LogP contribution in [0.2, 0.25) is 5.02 Å². The molecule has 0 aliphatic rings. The summed E-state index contributed by atoms with van der Waals surface area (Å²) >= 11 is 5.90. The van der Waals surface area contributed by atoms with E-state index in [1.54, 1.807) is 36.5 Å². The Balaban J connectivity index is 1.70. The van der Waals surface area contributed by atoms with Crippen molar-refractivity contribution in [3.63, 3.8) is 0 Å². The van der Waals surface area contributed by atoms with Crippen LogP contribution in [-0.4, -0.2) is 28.0 Å². The number of hydrogen-bond donors (Lipinski definition) is 3. The number of benzene rings is 2. The molecule has 0 radical (unpaired) electrons. The first-order valence-corrected chi connectivity index (χ1v) is 8.42. The maximum Gasteiger partial charge on any atom is 0.326 e. The third-order valence-corrected chi connectivity index (χ3v) is 4.22. The van der Waals surface area contributed by atoms with Gasteiger partial charge in [0, 0.05) is 34.6 Å². The van der Waals surface area contributed by atoms with E-state index in [1.807, 2.05) is 24.3 Å². The summed E-state index contributed by atoms with van der Waals surface area (Å²) in [4.78, 5) is 26.8. The number of aromatic amines is 1. The standard InChI is InChI=1S/C20H17ClN2O3/c21-15-5-3-4-13(10-15)8-9-19(24)23-18(20(25)26)11-14-12-22-17-7-2-1-6-16(14)17/h1-10,12,18,22H,11H2,(H,23,24)(H,25,26)/b9-8+/t18-/m0/s1. The van der Waals surface area contributed by atoms with Gasteiger partial charge in [-0.25, -0.2) is 4.79 Å². The SMILES string of the molecule is O=C(/C=C/c1cccc(Cl)c1)N[C@@H](Cc1c[nH]c2ccccc12)C(=O)O. The van der Waals surface area contributed by atoms with Crippen LogP contribution in [0.4, 0.5) is 0 Å². The van der Waals surface area contributed by atoms with Crippen LogP contribution in [0.3, 0.4) is 0 Å². The molecule has 1 heterocycles. The summed E-state index contributed by atoms with van der Waals surface area (Å²) in [5, 5.41) is 13.5. The fraction of sp³-hybridized carbons (Fsp3) is 0.100. The van der Waals surface area contributed by atoms with Crippen molar-refractivity contribution < 1.29 is 14.7 Å². The molecule has 0 saturated heterocycles. The number of para-hydroxylation sites is 1. The van der Waals surface area contributed by atoms with Crippen molar-refractivity contribution in [1.82, 2.24) is 10.3 Å². The van der Waals surface area contributed by atoms with Crippen LogP contribution in [0.15, 0.2) is 60.8 Å². The molecule has 6 heteroatoms. The number of carboxylic acids is 1. The molecule has 26 heavy (non-hydrogen) atoms. The lowest BCUT2D eigenvalue weighted by Crippen LogP contribution is -2.41. The average molecular weight is 369 g/mol. The molecule has 0 aliphatic heterocycles. The molecule has 3 N–H and O–H groups in total. The maximum absolute atomic E-state index is 12.1. The van der Waals surface area contributed by atoms with Crippen molar-refractivity contribution in [2.75, 3.05) is 0 Å². The van der Waals surface area contributed by atoms with E-state index in [-0.39, 0.29) is 6.42 Å². The molecule has 0 spiro atoms. The molecule has 0 bridgehead atoms. The highest BCUT2D eigenvalue weighted by Crippen LogP contribution is 2.19. The van der Waals surface area contributed by atoms with Gasteiger partial charge in [-0.1, -0.05) is 41.9 Å². The van der Waals surface area contributed by atoms with Crippen molar-refractivity contribution >= 4 is 40.5 Å². The third-order valence-electron chi connectivity index (χ3n) is 3.99. The van der Waals surface area contributed by atoms with Crippen molar-refractivity contribution in [3.05, 3.63) is 77.0 Å². The third kappa shape index (κ3) is 4.32. The molecule has 0 aliphatic carbocycles. The Hall–Kier alpha value is -3.05. The van der Waals surface area contributed by atoms with Crippen LogP contribution >= 0.6 is 11.6 Å². The minimum atomic E-state index is -1.08. The van der Waals surface area contributed by atoms with Crippen LogP contribution in [0.25, 0.3) is 17.0 Å². The summed E-state index contributed by atoms with van der Waals surface area (Å²) in [6, 6.07) is 13.6. The molecular weight excluding hydrogens is 352 g/mol. The number of fused-ring (bicyclic) bond motifs is 1. The number of H-pyrrole nitrogens is 1. The fourth-order valence-corrected chi connectivity index (χ4v) is 2.92. The van der Waals surface area contributed by atoms with Crippen LogP contribution in [0.5, 0.6) is 0 Å². The quantitative estimate of drug-likeness (QED) is 0.581. The number of amides is 1. The van der Waals surface area contributed by atoms with Crippen LogP contribution in [-0.2, 0) is 16.0 Å². The number of carbonyl (C=O) groups is 2. The van der Waals surface area contributed by atoms with Gasteiger partial charge in [-0.2, -0.15) is 0 Å². The van der Waals surface area contributed by atoms with Gasteiger partial charge in [0.2, 0.25) is 5.91 Å². The number of rotatable bonds is 6. The summed E-state index contributed by atoms with van der Waals surface area (Å²) in [5.41, 5.74) is 2.53. The van der Waals surface area contributed by atoms with Gasteiger partial charge in [0.25, 0.3) is 0 Å². The van der Waals surface area contributed by atoms with Gasteiger partial charge >= 0.3 is 5.97 Å². The number of aromatic nitrogens is 1. The largest absolute Gasteiger partial charge is 0.480 e. The highest BCUT2D eigenvalue weighted by Gasteiger charge is 2.21. The molecule has 1 amide bonds. The summed E-state index contributed by atoms with van der Waals surface area (Å²) < 4.78 is 0. The topological polar surface area (TPSA) is 82.2 Å². The van der Waals surface area contributed by atoms with Crippen molar-refractivity contribution in [2.24, 2.45) is 0 Å². The Morgan fingerprint density at radius 1 is 1.19 bits per heavy atom. The van der Waals surface area contributed by atoms with E-state index in [2.05, 4.69) is 10.3 Å². The molecule has 3 rings (SSSR count). The van der Waals surface area contributed by atoms with Crippen molar-refractivity contribution in [2.45, 2.75) is 12.5 Å². The molecule has 0 unspecified atom stereocenters. The highest BCUT2D eigenvalue weighted by atomic mass is 35.5. The molecule has 132 valence electrons. The van der Waals surface area contributed by atoms with Gasteiger partial charge in [-0.05, 0) is 35.4 Å². The number of hydrogen-bond acceptors (Lipinski definition) is 2. The summed E-state index contributed by atoms with van der Waals surface area (Å²) in [5.74, 6) is -1.56. The van der Waals surface area contributed by atoms with Gasteiger partial charge in [0.05, 0.1) is 0 Å². The lowest BCUT2D eigenvalue weighted by molar-refractivity contribution is -0.141. The van der Waals surface area contributed by atoms with Gasteiger partial charge < -0.3 is 15.4 Å². The van der Waals surface area contributed by atoms with Gasteiger partial charge in [0.15, 0.2) is 0 Å². The number of carboxylic acid groups (broad SMARTS) is 1. The van der Waals surface area contributed by atoms with Crippen LogP contribution in [0, 0.1) is 0 Å². The Bertz CT molecular complexity index is 978. The molecule has 5 nitrogen and oxygen atoms in total. The lowest BCUT2D eigenvalue weighted by atomic mass is 10.0. The number of halogens is 1. The second-order valence-electron chi connectivity index (χ2n) is 5.85. The predicted molar refractivity (Wildman–Crippen MR) is 102 cm³/mol. The van der Waals surface area contributed by atoms with E-state index in [0.29, 0.717) is 5.02 Å². The Labute approximate surface area is 155 Å². The first-order valence-electron chi connectivity index (χ1n) is 8.05. The second kappa shape index (κ2) is 7.89. The number of nitrogens with one attached hydrogen (secondary N) is 2. The minimum absolute atomic E-state index is 0.191. The Kier molecular flexibility index (Phi) is 5.39. The molecule has 3 aromatic rings. The molecule has 0 saturated carbocycles. The number of carbonyl (C=O) groups excluding carboxylic acids is 1. The molecule has 1 atom stereocenters. The van der Waals surface area contributed by atoms with E-state index < -0.39 is 17.9 Å². The lowest BCUT2D eigenvalue weighted by Gasteiger charge is -2.12. The maximum atomic E-state index is 12.1. The van der Waals surface area contributed by atoms with E-state index in [9.17, 15) is 14.7 Å². The first-order chi connectivity index (χ1) is 12.5. The Morgan fingerprint density at radius 2 is 2.00 bits per heavy atom. The normalized spacial score (nSPS) is 12.3.